The van der Waals surface area contributed by atoms with Gasteiger partial charge in [0.15, 0.2) is 0 Å². The first-order valence-corrected chi connectivity index (χ1v) is 6.02. The molecule has 3 nitrogen and oxygen atoms in total. The van der Waals surface area contributed by atoms with E-state index >= 15 is 0 Å². The monoisotopic (exact) mass is 238 g/mol. The highest BCUT2D eigenvalue weighted by atomic mass is 16.3. The zero-order valence-corrected chi connectivity index (χ0v) is 9.82. The number of hydrogen-bond donors (Lipinski definition) is 0. The molecule has 2 aromatic carbocycles. The van der Waals surface area contributed by atoms with Crippen molar-refractivity contribution in [2.45, 2.75) is 19.3 Å². The Labute approximate surface area is 102 Å². The van der Waals surface area contributed by atoms with Crippen LogP contribution in [0.3, 0.4) is 0 Å². The number of hydrogen-bond acceptors (Lipinski definition) is 3. The van der Waals surface area contributed by atoms with Gasteiger partial charge in [-0.2, -0.15) is 0 Å². The standard InChI is InChI=1S/C15H10O3/c1-7-6-10-12(13-11(7)14(16)15(13)17)8-4-2-3-5-9(8)18-10/h2-5,7H,6H2,1H3. The highest BCUT2D eigenvalue weighted by Gasteiger charge is 2.35. The highest BCUT2D eigenvalue weighted by Crippen LogP contribution is 2.42. The Hall–Kier alpha value is -2.16. The van der Waals surface area contributed by atoms with E-state index in [1.165, 1.54) is 0 Å². The van der Waals surface area contributed by atoms with Gasteiger partial charge in [0.25, 0.3) is 0 Å². The molecule has 0 saturated heterocycles. The van der Waals surface area contributed by atoms with Crippen LogP contribution in [0.15, 0.2) is 38.3 Å². The zero-order valence-electron chi connectivity index (χ0n) is 9.82. The molecular formula is C15H10O3. The lowest BCUT2D eigenvalue weighted by Crippen LogP contribution is -2.40. The summed E-state index contributed by atoms with van der Waals surface area (Å²) in [5.41, 5.74) is 2.26. The molecule has 1 heterocycles. The van der Waals surface area contributed by atoms with Gasteiger partial charge in [-0.3, -0.25) is 9.59 Å². The summed E-state index contributed by atoms with van der Waals surface area (Å²) >= 11 is 0. The van der Waals surface area contributed by atoms with Gasteiger partial charge in [-0.25, -0.2) is 0 Å². The van der Waals surface area contributed by atoms with Gasteiger partial charge in [-0.05, 0) is 12.0 Å². The third-order valence-corrected chi connectivity index (χ3v) is 3.85. The summed E-state index contributed by atoms with van der Waals surface area (Å²) < 4.78 is 5.80. The van der Waals surface area contributed by atoms with Crippen LogP contribution in [0.25, 0.3) is 22.1 Å². The van der Waals surface area contributed by atoms with Crippen LogP contribution >= 0.6 is 0 Å². The molecule has 4 rings (SSSR count). The number of para-hydroxylation sites is 1. The first kappa shape index (κ1) is 9.83. The maximum absolute atomic E-state index is 11.8. The van der Waals surface area contributed by atoms with Gasteiger partial charge in [0, 0.05) is 28.5 Å². The molecule has 3 aromatic rings. The number of rotatable bonds is 0. The minimum Gasteiger partial charge on any atom is -0.460 e. The van der Waals surface area contributed by atoms with E-state index in [9.17, 15) is 9.59 Å². The maximum atomic E-state index is 11.8. The van der Waals surface area contributed by atoms with E-state index in [-0.39, 0.29) is 16.8 Å². The van der Waals surface area contributed by atoms with Crippen LogP contribution in [0, 0.1) is 0 Å². The van der Waals surface area contributed by atoms with E-state index in [1.807, 2.05) is 31.2 Å². The summed E-state index contributed by atoms with van der Waals surface area (Å²) in [5, 5.41) is 0.938. The number of furan rings is 1. The third-order valence-electron chi connectivity index (χ3n) is 3.85. The van der Waals surface area contributed by atoms with Gasteiger partial charge in [0.2, 0.25) is 10.9 Å². The first-order chi connectivity index (χ1) is 8.68. The van der Waals surface area contributed by atoms with Gasteiger partial charge in [-0.1, -0.05) is 25.1 Å². The van der Waals surface area contributed by atoms with Crippen molar-refractivity contribution < 1.29 is 4.42 Å². The number of benzene rings is 1. The molecule has 1 aliphatic carbocycles. The van der Waals surface area contributed by atoms with E-state index in [0.717, 1.165) is 22.3 Å². The smallest absolute Gasteiger partial charge is 0.234 e. The Bertz CT molecular complexity index is 860. The van der Waals surface area contributed by atoms with E-state index in [0.29, 0.717) is 17.5 Å². The Kier molecular flexibility index (Phi) is 1.63. The summed E-state index contributed by atoms with van der Waals surface area (Å²) in [6.45, 7) is 1.97. The van der Waals surface area contributed by atoms with Crippen molar-refractivity contribution in [2.75, 3.05) is 0 Å². The molecule has 0 spiro atoms. The lowest BCUT2D eigenvalue weighted by Gasteiger charge is -2.22. The van der Waals surface area contributed by atoms with E-state index in [2.05, 4.69) is 0 Å². The predicted molar refractivity (Wildman–Crippen MR) is 68.7 cm³/mol. The molecule has 0 radical (unpaired) electrons. The van der Waals surface area contributed by atoms with Crippen LogP contribution in [-0.2, 0) is 6.42 Å². The number of fused-ring (bicyclic) bond motifs is 5. The van der Waals surface area contributed by atoms with E-state index in [1.54, 1.807) is 0 Å². The predicted octanol–water partition coefficient (Wildman–Crippen LogP) is 2.36. The summed E-state index contributed by atoms with van der Waals surface area (Å²) in [4.78, 5) is 23.4. The van der Waals surface area contributed by atoms with E-state index < -0.39 is 0 Å². The fourth-order valence-corrected chi connectivity index (χ4v) is 3.02. The zero-order chi connectivity index (χ0) is 12.4. The van der Waals surface area contributed by atoms with Gasteiger partial charge < -0.3 is 4.42 Å². The molecule has 0 fully saturated rings. The second-order valence-electron chi connectivity index (χ2n) is 4.95. The van der Waals surface area contributed by atoms with Crippen molar-refractivity contribution >= 4 is 11.0 Å². The fourth-order valence-electron chi connectivity index (χ4n) is 3.02. The van der Waals surface area contributed by atoms with Gasteiger partial charge in [0.1, 0.15) is 11.3 Å². The van der Waals surface area contributed by atoms with Crippen molar-refractivity contribution in [1.29, 1.82) is 0 Å². The molecular weight excluding hydrogens is 228 g/mol. The average Bonchev–Trinajstić information content (AvgIpc) is 2.73. The Morgan fingerprint density at radius 1 is 1.11 bits per heavy atom. The van der Waals surface area contributed by atoms with Crippen molar-refractivity contribution in [3.63, 3.8) is 0 Å². The van der Waals surface area contributed by atoms with Crippen LogP contribution in [-0.4, -0.2) is 0 Å². The SMILES string of the molecule is CC1Cc2oc3ccccc3c2-c2c1c(=O)c2=O. The molecule has 1 unspecified atom stereocenters. The van der Waals surface area contributed by atoms with Crippen molar-refractivity contribution in [2.24, 2.45) is 0 Å². The molecule has 1 aliphatic rings. The summed E-state index contributed by atoms with van der Waals surface area (Å²) in [6, 6.07) is 7.66. The third kappa shape index (κ3) is 0.957. The van der Waals surface area contributed by atoms with Gasteiger partial charge in [0.05, 0.1) is 0 Å². The quantitative estimate of drug-likeness (QED) is 0.565. The first-order valence-electron chi connectivity index (χ1n) is 6.02. The van der Waals surface area contributed by atoms with Crippen molar-refractivity contribution in [3.8, 4) is 11.1 Å². The van der Waals surface area contributed by atoms with Crippen molar-refractivity contribution in [3.05, 3.63) is 56.0 Å². The van der Waals surface area contributed by atoms with E-state index in [4.69, 9.17) is 4.42 Å². The average molecular weight is 238 g/mol. The second kappa shape index (κ2) is 2.99. The fraction of sp³-hybridized carbons (Fsp3) is 0.200. The molecule has 1 aromatic heterocycles. The Morgan fingerprint density at radius 3 is 2.72 bits per heavy atom. The molecule has 0 N–H and O–H groups in total. The van der Waals surface area contributed by atoms with Crippen molar-refractivity contribution in [1.82, 2.24) is 0 Å². The topological polar surface area (TPSA) is 47.3 Å². The van der Waals surface area contributed by atoms with Crippen LogP contribution in [0.2, 0.25) is 0 Å². The van der Waals surface area contributed by atoms with Gasteiger partial charge >= 0.3 is 0 Å². The molecule has 0 aliphatic heterocycles. The molecule has 3 heteroatoms. The Morgan fingerprint density at radius 2 is 1.89 bits per heavy atom. The van der Waals surface area contributed by atoms with Gasteiger partial charge in [-0.15, -0.1) is 0 Å². The van der Waals surface area contributed by atoms with Crippen LogP contribution < -0.4 is 10.9 Å². The molecule has 0 bridgehead atoms. The minimum atomic E-state index is -0.357. The molecule has 1 atom stereocenters. The van der Waals surface area contributed by atoms with Crippen LogP contribution in [0.5, 0.6) is 0 Å². The molecule has 18 heavy (non-hydrogen) atoms. The normalized spacial score (nSPS) is 17.9. The van der Waals surface area contributed by atoms with Crippen LogP contribution in [0.1, 0.15) is 24.2 Å². The molecule has 0 saturated carbocycles. The second-order valence-corrected chi connectivity index (χ2v) is 4.95. The lowest BCUT2D eigenvalue weighted by molar-refractivity contribution is 0.521. The maximum Gasteiger partial charge on any atom is 0.234 e. The Balaban J connectivity index is 2.17. The summed E-state index contributed by atoms with van der Waals surface area (Å²) in [6.07, 6.45) is 0.696. The highest BCUT2D eigenvalue weighted by molar-refractivity contribution is 5.98. The lowest BCUT2D eigenvalue weighted by atomic mass is 9.78. The summed E-state index contributed by atoms with van der Waals surface area (Å²) in [7, 11) is 0. The molecule has 88 valence electrons. The largest absolute Gasteiger partial charge is 0.460 e. The minimum absolute atomic E-state index is 0.0817. The molecule has 0 amide bonds. The summed E-state index contributed by atoms with van der Waals surface area (Å²) in [5.74, 6) is 0.918. The van der Waals surface area contributed by atoms with Crippen LogP contribution in [0.4, 0.5) is 0 Å².